The van der Waals surface area contributed by atoms with Crippen molar-refractivity contribution in [1.29, 1.82) is 0 Å². The number of amides is 1. The number of furan rings is 1. The first-order valence-electron chi connectivity index (χ1n) is 12.4. The van der Waals surface area contributed by atoms with E-state index in [9.17, 15) is 4.79 Å². The topological polar surface area (TPSA) is 45.9 Å². The van der Waals surface area contributed by atoms with Gasteiger partial charge in [0.2, 0.25) is 5.91 Å². The maximum absolute atomic E-state index is 13.0. The van der Waals surface area contributed by atoms with E-state index in [0.29, 0.717) is 5.92 Å². The monoisotopic (exact) mass is 448 g/mol. The molecule has 0 N–H and O–H groups in total. The van der Waals surface area contributed by atoms with Crippen molar-refractivity contribution in [2.75, 3.05) is 33.8 Å². The molecule has 2 aromatic rings. The fourth-order valence-corrected chi connectivity index (χ4v) is 6.12. The number of methoxy groups -OCH3 is 1. The third-order valence-corrected chi connectivity index (χ3v) is 8.30. The Bertz CT molecular complexity index is 981. The van der Waals surface area contributed by atoms with Crippen molar-refractivity contribution >= 4 is 12.0 Å². The van der Waals surface area contributed by atoms with Crippen LogP contribution in [-0.4, -0.2) is 55.5 Å². The second-order valence-electron chi connectivity index (χ2n) is 10.3. The SMILES string of the molecule is COc1cccc([C@@]23CCN(CC4CC4)C[C@H]2CC[C@@H](N(C)C(=O)/C=C/c2ccoc2)C3)c1. The van der Waals surface area contributed by atoms with E-state index in [0.717, 1.165) is 49.5 Å². The van der Waals surface area contributed by atoms with Gasteiger partial charge in [-0.05, 0) is 86.7 Å². The number of nitrogens with zero attached hydrogens (tertiary/aromatic N) is 2. The molecular weight excluding hydrogens is 412 g/mol. The smallest absolute Gasteiger partial charge is 0.246 e. The summed E-state index contributed by atoms with van der Waals surface area (Å²) in [6.45, 7) is 3.60. The van der Waals surface area contributed by atoms with Crippen molar-refractivity contribution < 1.29 is 13.9 Å². The molecule has 3 aliphatic rings. The van der Waals surface area contributed by atoms with Gasteiger partial charge in [0.25, 0.3) is 0 Å². The lowest BCUT2D eigenvalue weighted by molar-refractivity contribution is -0.128. The molecular formula is C28H36N2O3. The molecule has 0 bridgehead atoms. The molecule has 33 heavy (non-hydrogen) atoms. The number of likely N-dealkylation sites (tertiary alicyclic amines) is 1. The van der Waals surface area contributed by atoms with Crippen LogP contribution in [0.5, 0.6) is 5.75 Å². The van der Waals surface area contributed by atoms with Crippen molar-refractivity contribution in [3.8, 4) is 5.75 Å². The average molecular weight is 449 g/mol. The zero-order valence-electron chi connectivity index (χ0n) is 19.9. The largest absolute Gasteiger partial charge is 0.497 e. The number of benzene rings is 1. The summed E-state index contributed by atoms with van der Waals surface area (Å²) >= 11 is 0. The summed E-state index contributed by atoms with van der Waals surface area (Å²) in [6.07, 6.45) is 14.0. The van der Waals surface area contributed by atoms with E-state index in [1.165, 1.54) is 31.5 Å². The standard InChI is InChI=1S/C28H36N2O3/c1-29(27(31)11-8-22-12-15-33-20-22)25-10-9-24-19-30(18-21-6-7-21)14-13-28(24,17-25)23-4-3-5-26(16-23)32-2/h3-5,8,11-12,15-16,20-21,24-25H,6-7,9-10,13-14,17-19H2,1-2H3/b11-8+/t24-,25-,28+/m1/s1. The Morgan fingerprint density at radius 2 is 2.15 bits per heavy atom. The molecule has 0 unspecified atom stereocenters. The van der Waals surface area contributed by atoms with Crippen LogP contribution in [0.3, 0.4) is 0 Å². The lowest BCUT2D eigenvalue weighted by Crippen LogP contribution is -2.56. The molecule has 3 fully saturated rings. The van der Waals surface area contributed by atoms with Gasteiger partial charge in [0, 0.05) is 43.2 Å². The highest BCUT2D eigenvalue weighted by Crippen LogP contribution is 2.51. The number of fused-ring (bicyclic) bond motifs is 1. The predicted molar refractivity (Wildman–Crippen MR) is 130 cm³/mol. The van der Waals surface area contributed by atoms with Crippen LogP contribution in [0.1, 0.15) is 49.7 Å². The molecule has 5 rings (SSSR count). The van der Waals surface area contributed by atoms with Gasteiger partial charge in [-0.1, -0.05) is 12.1 Å². The molecule has 1 aromatic carbocycles. The summed E-state index contributed by atoms with van der Waals surface area (Å²) in [5.74, 6) is 2.54. The molecule has 1 amide bonds. The second kappa shape index (κ2) is 9.38. The maximum Gasteiger partial charge on any atom is 0.246 e. The van der Waals surface area contributed by atoms with E-state index < -0.39 is 0 Å². The zero-order valence-corrected chi connectivity index (χ0v) is 19.9. The Morgan fingerprint density at radius 3 is 2.91 bits per heavy atom. The number of likely N-dealkylation sites (N-methyl/N-ethyl adjacent to an activating group) is 1. The average Bonchev–Trinajstić information content (AvgIpc) is 3.51. The van der Waals surface area contributed by atoms with Gasteiger partial charge >= 0.3 is 0 Å². The third-order valence-electron chi connectivity index (χ3n) is 8.30. The Morgan fingerprint density at radius 1 is 1.27 bits per heavy atom. The number of rotatable bonds is 7. The molecule has 176 valence electrons. The molecule has 1 aliphatic heterocycles. The number of hydrogen-bond acceptors (Lipinski definition) is 4. The highest BCUT2D eigenvalue weighted by Gasteiger charge is 2.49. The van der Waals surface area contributed by atoms with Gasteiger partial charge in [0.05, 0.1) is 19.6 Å². The van der Waals surface area contributed by atoms with Gasteiger partial charge in [0.15, 0.2) is 0 Å². The first kappa shape index (κ1) is 22.3. The maximum atomic E-state index is 13.0. The minimum Gasteiger partial charge on any atom is -0.497 e. The minimum absolute atomic E-state index is 0.0617. The van der Waals surface area contributed by atoms with Crippen LogP contribution >= 0.6 is 0 Å². The minimum atomic E-state index is 0.0617. The van der Waals surface area contributed by atoms with Gasteiger partial charge in [-0.2, -0.15) is 0 Å². The molecule has 0 spiro atoms. The zero-order chi connectivity index (χ0) is 22.8. The van der Waals surface area contributed by atoms with Crippen molar-refractivity contribution in [2.24, 2.45) is 11.8 Å². The first-order valence-corrected chi connectivity index (χ1v) is 12.4. The van der Waals surface area contributed by atoms with Gasteiger partial charge in [-0.15, -0.1) is 0 Å². The van der Waals surface area contributed by atoms with Crippen LogP contribution in [-0.2, 0) is 10.2 Å². The Kier molecular flexibility index (Phi) is 6.33. The van der Waals surface area contributed by atoms with Crippen molar-refractivity contribution in [3.05, 3.63) is 60.1 Å². The fourth-order valence-electron chi connectivity index (χ4n) is 6.12. The van der Waals surface area contributed by atoms with Crippen LogP contribution in [0.15, 0.2) is 53.4 Å². The molecule has 1 aromatic heterocycles. The number of piperidine rings is 1. The lowest BCUT2D eigenvalue weighted by atomic mass is 9.57. The molecule has 3 atom stereocenters. The fraction of sp³-hybridized carbons (Fsp3) is 0.536. The Balaban J connectivity index is 1.37. The van der Waals surface area contributed by atoms with E-state index in [1.54, 1.807) is 25.7 Å². The predicted octanol–water partition coefficient (Wildman–Crippen LogP) is 4.98. The van der Waals surface area contributed by atoms with Gasteiger partial charge in [0.1, 0.15) is 5.75 Å². The number of carbonyl (C=O) groups is 1. The van der Waals surface area contributed by atoms with Gasteiger partial charge in [-0.25, -0.2) is 0 Å². The quantitative estimate of drug-likeness (QED) is 0.561. The number of ether oxygens (including phenoxy) is 1. The Labute approximate surface area is 197 Å². The number of hydrogen-bond donors (Lipinski definition) is 0. The van der Waals surface area contributed by atoms with Crippen LogP contribution in [0, 0.1) is 11.8 Å². The van der Waals surface area contributed by atoms with Crippen LogP contribution < -0.4 is 4.74 Å². The lowest BCUT2D eigenvalue weighted by Gasteiger charge is -2.54. The van der Waals surface area contributed by atoms with E-state index >= 15 is 0 Å². The summed E-state index contributed by atoms with van der Waals surface area (Å²) in [6, 6.07) is 10.8. The van der Waals surface area contributed by atoms with E-state index in [4.69, 9.17) is 9.15 Å². The van der Waals surface area contributed by atoms with Crippen LogP contribution in [0.4, 0.5) is 0 Å². The van der Waals surface area contributed by atoms with Crippen molar-refractivity contribution in [3.63, 3.8) is 0 Å². The summed E-state index contributed by atoms with van der Waals surface area (Å²) in [7, 11) is 3.71. The second-order valence-corrected chi connectivity index (χ2v) is 10.3. The normalized spacial score (nSPS) is 27.9. The highest BCUT2D eigenvalue weighted by atomic mass is 16.5. The van der Waals surface area contributed by atoms with Gasteiger partial charge < -0.3 is 19.0 Å². The molecule has 5 heteroatoms. The highest BCUT2D eigenvalue weighted by molar-refractivity contribution is 5.91. The van der Waals surface area contributed by atoms with Crippen LogP contribution in [0.25, 0.3) is 6.08 Å². The summed E-state index contributed by atoms with van der Waals surface area (Å²) in [4.78, 5) is 17.7. The molecule has 2 heterocycles. The first-order chi connectivity index (χ1) is 16.1. The molecule has 1 saturated heterocycles. The van der Waals surface area contributed by atoms with E-state index in [2.05, 4.69) is 23.1 Å². The van der Waals surface area contributed by atoms with Crippen LogP contribution in [0.2, 0.25) is 0 Å². The van der Waals surface area contributed by atoms with Gasteiger partial charge in [-0.3, -0.25) is 4.79 Å². The molecule has 2 saturated carbocycles. The van der Waals surface area contributed by atoms with E-state index in [1.807, 2.05) is 30.2 Å². The van der Waals surface area contributed by atoms with Crippen molar-refractivity contribution in [1.82, 2.24) is 9.80 Å². The molecule has 0 radical (unpaired) electrons. The van der Waals surface area contributed by atoms with E-state index in [-0.39, 0.29) is 17.4 Å². The summed E-state index contributed by atoms with van der Waals surface area (Å²) in [5.41, 5.74) is 2.40. The molecule has 5 nitrogen and oxygen atoms in total. The summed E-state index contributed by atoms with van der Waals surface area (Å²) in [5, 5.41) is 0. The third kappa shape index (κ3) is 4.74. The Hall–Kier alpha value is -2.53. The van der Waals surface area contributed by atoms with Crippen molar-refractivity contribution in [2.45, 2.75) is 50.0 Å². The number of carbonyl (C=O) groups excluding carboxylic acids is 1. The molecule has 2 aliphatic carbocycles. The summed E-state index contributed by atoms with van der Waals surface area (Å²) < 4.78 is 10.7.